The van der Waals surface area contributed by atoms with Gasteiger partial charge in [-0.05, 0) is 111 Å². The molecule has 0 bridgehead atoms. The molecule has 47 heavy (non-hydrogen) atoms. The van der Waals surface area contributed by atoms with Crippen molar-refractivity contribution in [1.29, 1.82) is 0 Å². The predicted molar refractivity (Wildman–Crippen MR) is 171 cm³/mol. The van der Waals surface area contributed by atoms with Crippen molar-refractivity contribution in [2.75, 3.05) is 6.61 Å². The Morgan fingerprint density at radius 2 is 1.60 bits per heavy atom. The summed E-state index contributed by atoms with van der Waals surface area (Å²) >= 11 is 0. The maximum Gasteiger partial charge on any atom is 0.303 e. The average molecular weight is 665 g/mol. The zero-order valence-corrected chi connectivity index (χ0v) is 29.6. The standard InChI is InChI=1S/C37H60O10/c1-18-15-21(30(33(5,6)43)45-19(2)38)46-28-25(18)34(7)13-14-37-17-36(37)12-11-24(47-31-27(41)26(40)20(39)16-44-31)32(3,4)22(36)9-10-23(37)35(34,8)29(28)42/h18,20-31,39-43H,9-17H2,1-8H3/t18-,20-,21-,22?,23?,24+,25+,26+,27-,28+,29+,30+,31+,34?,35-,36?,37?/m1/s1. The predicted octanol–water partition coefficient (Wildman–Crippen LogP) is 3.33. The molecule has 2 saturated heterocycles. The van der Waals surface area contributed by atoms with E-state index in [1.807, 2.05) is 0 Å². The van der Waals surface area contributed by atoms with Crippen molar-refractivity contribution in [1.82, 2.24) is 0 Å². The SMILES string of the molecule is CC(=O)O[C@@H]([C@H]1C[C@@H](C)[C@H]2[C@H](O1)[C@H](O)[C@@]1(C)C3CCC4C(C)(C)[C@@H](O[C@@H]5OC[C@@H](O)[C@H](O)[C@H]5O)CCC45CC35CCC21C)C(C)(C)O. The highest BCUT2D eigenvalue weighted by atomic mass is 16.7. The molecule has 5 saturated carbocycles. The Morgan fingerprint density at radius 3 is 2.26 bits per heavy atom. The van der Waals surface area contributed by atoms with Gasteiger partial charge in [0.1, 0.15) is 18.3 Å². The van der Waals surface area contributed by atoms with Crippen LogP contribution in [0.25, 0.3) is 0 Å². The van der Waals surface area contributed by atoms with Crippen LogP contribution in [-0.2, 0) is 23.7 Å². The Bertz CT molecular complexity index is 1250. The average Bonchev–Trinajstić information content (AvgIpc) is 3.61. The van der Waals surface area contributed by atoms with Gasteiger partial charge in [0.05, 0.1) is 36.6 Å². The summed E-state index contributed by atoms with van der Waals surface area (Å²) in [7, 11) is 0. The van der Waals surface area contributed by atoms with Crippen LogP contribution >= 0.6 is 0 Å². The first-order valence-electron chi connectivity index (χ1n) is 18.3. The fourth-order valence-electron chi connectivity index (χ4n) is 13.7. The van der Waals surface area contributed by atoms with Gasteiger partial charge in [0.15, 0.2) is 12.4 Å². The van der Waals surface area contributed by atoms with Crippen LogP contribution in [0.15, 0.2) is 0 Å². The largest absolute Gasteiger partial charge is 0.457 e. The molecule has 7 fully saturated rings. The number of aliphatic hydroxyl groups excluding tert-OH is 4. The fourth-order valence-corrected chi connectivity index (χ4v) is 13.7. The number of fused-ring (bicyclic) bond motifs is 4. The first-order valence-corrected chi connectivity index (χ1v) is 18.3. The lowest BCUT2D eigenvalue weighted by Gasteiger charge is -2.64. The second kappa shape index (κ2) is 10.8. The molecule has 0 radical (unpaired) electrons. The van der Waals surface area contributed by atoms with E-state index in [-0.39, 0.29) is 51.6 Å². The van der Waals surface area contributed by atoms with E-state index >= 15 is 0 Å². The summed E-state index contributed by atoms with van der Waals surface area (Å²) in [4.78, 5) is 12.1. The van der Waals surface area contributed by atoms with Gasteiger partial charge in [0, 0.05) is 12.3 Å². The van der Waals surface area contributed by atoms with Crippen molar-refractivity contribution in [3.05, 3.63) is 0 Å². The molecule has 10 heteroatoms. The molecule has 268 valence electrons. The number of esters is 1. The highest BCUT2D eigenvalue weighted by Gasteiger charge is 2.84. The molecule has 2 aliphatic heterocycles. The van der Waals surface area contributed by atoms with Gasteiger partial charge in [-0.3, -0.25) is 4.79 Å². The van der Waals surface area contributed by atoms with Gasteiger partial charge in [-0.25, -0.2) is 0 Å². The molecule has 0 amide bonds. The molecular formula is C37H60O10. The van der Waals surface area contributed by atoms with Crippen LogP contribution in [0.1, 0.15) is 107 Å². The minimum Gasteiger partial charge on any atom is -0.457 e. The van der Waals surface area contributed by atoms with Gasteiger partial charge in [0.25, 0.3) is 0 Å². The first-order chi connectivity index (χ1) is 21.8. The minimum absolute atomic E-state index is 0.0683. The first kappa shape index (κ1) is 34.6. The van der Waals surface area contributed by atoms with Crippen LogP contribution < -0.4 is 0 Å². The molecule has 5 N–H and O–H groups in total. The van der Waals surface area contributed by atoms with E-state index in [4.69, 9.17) is 18.9 Å². The van der Waals surface area contributed by atoms with Crippen LogP contribution in [0.2, 0.25) is 0 Å². The molecule has 2 heterocycles. The number of aliphatic hydroxyl groups is 5. The third-order valence-electron chi connectivity index (χ3n) is 15.8. The number of carbonyl (C=O) groups excluding carboxylic acids is 1. The smallest absolute Gasteiger partial charge is 0.303 e. The maximum atomic E-state index is 12.5. The lowest BCUT2D eigenvalue weighted by molar-refractivity contribution is -0.303. The van der Waals surface area contributed by atoms with E-state index in [9.17, 15) is 30.3 Å². The molecule has 17 atom stereocenters. The van der Waals surface area contributed by atoms with Crippen molar-refractivity contribution < 1.29 is 49.3 Å². The normalized spacial score (nSPS) is 55.4. The molecule has 0 aromatic heterocycles. The van der Waals surface area contributed by atoms with Gasteiger partial charge in [0.2, 0.25) is 0 Å². The number of hydrogen-bond acceptors (Lipinski definition) is 10. The summed E-state index contributed by atoms with van der Waals surface area (Å²) in [6.07, 6.45) is 0.712. The van der Waals surface area contributed by atoms with E-state index in [1.165, 1.54) is 13.3 Å². The van der Waals surface area contributed by atoms with Gasteiger partial charge < -0.3 is 44.5 Å². The molecule has 5 aliphatic carbocycles. The summed E-state index contributed by atoms with van der Waals surface area (Å²) in [5, 5.41) is 54.3. The van der Waals surface area contributed by atoms with Crippen LogP contribution in [0, 0.1) is 50.7 Å². The van der Waals surface area contributed by atoms with Crippen LogP contribution in [-0.4, -0.2) is 98.8 Å². The molecule has 7 aliphatic rings. The Hall–Kier alpha value is -0.850. The molecule has 5 unspecified atom stereocenters. The van der Waals surface area contributed by atoms with Crippen LogP contribution in [0.3, 0.4) is 0 Å². The summed E-state index contributed by atoms with van der Waals surface area (Å²) in [5.74, 6) is 0.717. The molecule has 7 rings (SSSR count). The van der Waals surface area contributed by atoms with Crippen molar-refractivity contribution in [3.8, 4) is 0 Å². The lowest BCUT2D eigenvalue weighted by Crippen LogP contribution is -2.61. The van der Waals surface area contributed by atoms with E-state index in [2.05, 4.69) is 34.6 Å². The van der Waals surface area contributed by atoms with E-state index in [0.29, 0.717) is 18.3 Å². The topological polar surface area (TPSA) is 155 Å². The third kappa shape index (κ3) is 4.54. The van der Waals surface area contributed by atoms with Crippen molar-refractivity contribution >= 4 is 5.97 Å². The van der Waals surface area contributed by atoms with Gasteiger partial charge in [-0.15, -0.1) is 0 Å². The number of hydrogen-bond donors (Lipinski definition) is 5. The van der Waals surface area contributed by atoms with E-state index in [0.717, 1.165) is 38.5 Å². The Morgan fingerprint density at radius 1 is 0.936 bits per heavy atom. The number of carbonyl (C=O) groups is 1. The van der Waals surface area contributed by atoms with Gasteiger partial charge in [-0.1, -0.05) is 34.6 Å². The highest BCUT2D eigenvalue weighted by molar-refractivity contribution is 5.66. The molecule has 0 aromatic carbocycles. The zero-order valence-electron chi connectivity index (χ0n) is 29.6. The second-order valence-corrected chi connectivity index (χ2v) is 18.6. The monoisotopic (exact) mass is 664 g/mol. The lowest BCUT2D eigenvalue weighted by atomic mass is 9.41. The van der Waals surface area contributed by atoms with E-state index in [1.54, 1.807) is 13.8 Å². The quantitative estimate of drug-likeness (QED) is 0.218. The summed E-state index contributed by atoms with van der Waals surface area (Å²) in [6.45, 7) is 16.2. The Kier molecular flexibility index (Phi) is 7.97. The van der Waals surface area contributed by atoms with E-state index < -0.39 is 60.6 Å². The molecule has 0 aromatic rings. The highest BCUT2D eigenvalue weighted by Crippen LogP contribution is 2.89. The zero-order chi connectivity index (χ0) is 34.3. The molecule has 2 spiro atoms. The van der Waals surface area contributed by atoms with Crippen molar-refractivity contribution in [2.45, 2.75) is 167 Å². The van der Waals surface area contributed by atoms with Gasteiger partial charge in [-0.2, -0.15) is 0 Å². The fraction of sp³-hybridized carbons (Fsp3) is 0.973. The molecule has 10 nitrogen and oxygen atoms in total. The summed E-state index contributed by atoms with van der Waals surface area (Å²) < 4.78 is 24.6. The molecular weight excluding hydrogens is 604 g/mol. The minimum atomic E-state index is -1.30. The maximum absolute atomic E-state index is 12.5. The second-order valence-electron chi connectivity index (χ2n) is 18.6. The van der Waals surface area contributed by atoms with Crippen LogP contribution in [0.4, 0.5) is 0 Å². The Balaban J connectivity index is 1.14. The van der Waals surface area contributed by atoms with Gasteiger partial charge >= 0.3 is 5.97 Å². The Labute approximate surface area is 279 Å². The third-order valence-corrected chi connectivity index (χ3v) is 15.8. The number of ether oxygens (including phenoxy) is 4. The van der Waals surface area contributed by atoms with Crippen molar-refractivity contribution in [2.24, 2.45) is 50.7 Å². The summed E-state index contributed by atoms with van der Waals surface area (Å²) in [6, 6.07) is 0. The number of rotatable bonds is 5. The van der Waals surface area contributed by atoms with Crippen molar-refractivity contribution in [3.63, 3.8) is 0 Å². The summed E-state index contributed by atoms with van der Waals surface area (Å²) in [5.41, 5.74) is -1.61. The van der Waals surface area contributed by atoms with Crippen LogP contribution in [0.5, 0.6) is 0 Å².